The Morgan fingerprint density at radius 2 is 1.37 bits per heavy atom. The molecule has 8 nitrogen and oxygen atoms in total. The maximum atomic E-state index is 4.64. The van der Waals surface area contributed by atoms with Gasteiger partial charge in [0.05, 0.1) is 6.20 Å². The summed E-state index contributed by atoms with van der Waals surface area (Å²) in [5.74, 6) is 1.42. The summed E-state index contributed by atoms with van der Waals surface area (Å²) in [6.45, 7) is 8.29. The standard InChI is InChI=1S/C19H28N8/c1-24-7-11-26(12-8-24)17-5-3-16(4-6-17)21-18-15-20-23-19(22-18)27-13-9-25(2)10-14-27/h3-6,15H,7-14H2,1-2H3,(H,21,22,23). The molecule has 0 bridgehead atoms. The van der Waals surface area contributed by atoms with Gasteiger partial charge in [-0.05, 0) is 38.4 Å². The zero-order valence-corrected chi connectivity index (χ0v) is 16.2. The van der Waals surface area contributed by atoms with Crippen molar-refractivity contribution >= 4 is 23.1 Å². The van der Waals surface area contributed by atoms with Crippen molar-refractivity contribution < 1.29 is 0 Å². The van der Waals surface area contributed by atoms with Crippen molar-refractivity contribution in [3.8, 4) is 0 Å². The summed E-state index contributed by atoms with van der Waals surface area (Å²) >= 11 is 0. The normalized spacial score (nSPS) is 19.3. The first kappa shape index (κ1) is 17.9. The van der Waals surface area contributed by atoms with Gasteiger partial charge < -0.3 is 24.9 Å². The number of anilines is 4. The molecule has 0 atom stereocenters. The van der Waals surface area contributed by atoms with Crippen LogP contribution < -0.4 is 15.1 Å². The Morgan fingerprint density at radius 3 is 2.00 bits per heavy atom. The second-order valence-corrected chi connectivity index (χ2v) is 7.39. The highest BCUT2D eigenvalue weighted by Gasteiger charge is 2.17. The van der Waals surface area contributed by atoms with Crippen molar-refractivity contribution in [3.63, 3.8) is 0 Å². The van der Waals surface area contributed by atoms with Crippen LogP contribution in [0.5, 0.6) is 0 Å². The lowest BCUT2D eigenvalue weighted by Gasteiger charge is -2.34. The lowest BCUT2D eigenvalue weighted by atomic mass is 10.2. The van der Waals surface area contributed by atoms with Crippen molar-refractivity contribution in [2.24, 2.45) is 0 Å². The molecule has 2 saturated heterocycles. The quantitative estimate of drug-likeness (QED) is 0.861. The summed E-state index contributed by atoms with van der Waals surface area (Å²) in [6, 6.07) is 8.55. The Labute approximate surface area is 160 Å². The van der Waals surface area contributed by atoms with Gasteiger partial charge in [0.15, 0.2) is 5.82 Å². The van der Waals surface area contributed by atoms with E-state index in [1.165, 1.54) is 5.69 Å². The van der Waals surface area contributed by atoms with Gasteiger partial charge in [-0.1, -0.05) is 0 Å². The minimum atomic E-state index is 0.696. The number of nitrogens with zero attached hydrogens (tertiary/aromatic N) is 7. The Balaban J connectivity index is 1.39. The molecular formula is C19H28N8. The zero-order valence-electron chi connectivity index (χ0n) is 16.2. The summed E-state index contributed by atoms with van der Waals surface area (Å²) in [6.07, 6.45) is 1.67. The fourth-order valence-electron chi connectivity index (χ4n) is 3.46. The minimum absolute atomic E-state index is 0.696. The fourth-order valence-corrected chi connectivity index (χ4v) is 3.46. The predicted octanol–water partition coefficient (Wildman–Crippen LogP) is 1.12. The Morgan fingerprint density at radius 1 is 0.778 bits per heavy atom. The number of hydrogen-bond acceptors (Lipinski definition) is 8. The molecule has 3 heterocycles. The SMILES string of the molecule is CN1CCN(c2ccc(Nc3cnnc(N4CCN(C)CC4)n3)cc2)CC1. The van der Waals surface area contributed by atoms with E-state index in [0.29, 0.717) is 5.95 Å². The molecule has 8 heteroatoms. The number of hydrogen-bond donors (Lipinski definition) is 1. The summed E-state index contributed by atoms with van der Waals surface area (Å²) in [7, 11) is 4.32. The summed E-state index contributed by atoms with van der Waals surface area (Å²) in [5, 5.41) is 11.7. The molecule has 1 aromatic carbocycles. The van der Waals surface area contributed by atoms with Gasteiger partial charge in [-0.25, -0.2) is 0 Å². The fraction of sp³-hybridized carbons (Fsp3) is 0.526. The summed E-state index contributed by atoms with van der Waals surface area (Å²) < 4.78 is 0. The largest absolute Gasteiger partial charge is 0.369 e. The third kappa shape index (κ3) is 4.45. The average molecular weight is 368 g/mol. The number of likely N-dealkylation sites (N-methyl/N-ethyl adjacent to an activating group) is 2. The van der Waals surface area contributed by atoms with Crippen molar-refractivity contribution in [3.05, 3.63) is 30.5 Å². The van der Waals surface area contributed by atoms with Crippen molar-refractivity contribution in [1.82, 2.24) is 25.0 Å². The maximum absolute atomic E-state index is 4.64. The van der Waals surface area contributed by atoms with E-state index in [2.05, 4.69) is 78.5 Å². The second-order valence-electron chi connectivity index (χ2n) is 7.39. The highest BCUT2D eigenvalue weighted by Crippen LogP contribution is 2.22. The van der Waals surface area contributed by atoms with Crippen LogP contribution in [-0.2, 0) is 0 Å². The van der Waals surface area contributed by atoms with Gasteiger partial charge in [0.2, 0.25) is 5.95 Å². The highest BCUT2D eigenvalue weighted by atomic mass is 15.4. The van der Waals surface area contributed by atoms with Crippen LogP contribution in [0.3, 0.4) is 0 Å². The molecule has 2 aliphatic rings. The van der Waals surface area contributed by atoms with Crippen LogP contribution in [0.4, 0.5) is 23.1 Å². The van der Waals surface area contributed by atoms with Crippen LogP contribution in [-0.4, -0.2) is 91.4 Å². The van der Waals surface area contributed by atoms with E-state index < -0.39 is 0 Å². The van der Waals surface area contributed by atoms with E-state index in [1.54, 1.807) is 6.20 Å². The van der Waals surface area contributed by atoms with E-state index in [1.807, 2.05) is 0 Å². The van der Waals surface area contributed by atoms with Gasteiger partial charge in [-0.3, -0.25) is 0 Å². The average Bonchev–Trinajstić information content (AvgIpc) is 2.70. The number of rotatable bonds is 4. The van der Waals surface area contributed by atoms with Gasteiger partial charge in [-0.15, -0.1) is 5.10 Å². The van der Waals surface area contributed by atoms with Crippen LogP contribution in [0.2, 0.25) is 0 Å². The molecule has 27 heavy (non-hydrogen) atoms. The summed E-state index contributed by atoms with van der Waals surface area (Å²) in [5.41, 5.74) is 2.28. The molecule has 4 rings (SSSR count). The van der Waals surface area contributed by atoms with Gasteiger partial charge in [0.25, 0.3) is 0 Å². The van der Waals surface area contributed by atoms with Gasteiger partial charge >= 0.3 is 0 Å². The maximum Gasteiger partial charge on any atom is 0.247 e. The van der Waals surface area contributed by atoms with E-state index in [0.717, 1.165) is 63.9 Å². The van der Waals surface area contributed by atoms with Crippen LogP contribution in [0.15, 0.2) is 30.5 Å². The lowest BCUT2D eigenvalue weighted by molar-refractivity contribution is 0.311. The first-order chi connectivity index (χ1) is 13.2. The number of benzene rings is 1. The van der Waals surface area contributed by atoms with E-state index in [4.69, 9.17) is 0 Å². The number of nitrogens with one attached hydrogen (secondary N) is 1. The predicted molar refractivity (Wildman–Crippen MR) is 109 cm³/mol. The van der Waals surface area contributed by atoms with E-state index >= 15 is 0 Å². The van der Waals surface area contributed by atoms with Crippen LogP contribution in [0, 0.1) is 0 Å². The molecule has 0 radical (unpaired) electrons. The monoisotopic (exact) mass is 368 g/mol. The third-order valence-corrected chi connectivity index (χ3v) is 5.34. The van der Waals surface area contributed by atoms with Crippen LogP contribution >= 0.6 is 0 Å². The van der Waals surface area contributed by atoms with E-state index in [9.17, 15) is 0 Å². The topological polar surface area (TPSA) is 63.7 Å². The smallest absolute Gasteiger partial charge is 0.247 e. The van der Waals surface area contributed by atoms with Crippen molar-refractivity contribution in [2.45, 2.75) is 0 Å². The molecular weight excluding hydrogens is 340 g/mol. The molecule has 1 N–H and O–H groups in total. The molecule has 0 spiro atoms. The van der Waals surface area contributed by atoms with Crippen LogP contribution in [0.25, 0.3) is 0 Å². The molecule has 1 aromatic heterocycles. The Hall–Kier alpha value is -2.45. The van der Waals surface area contributed by atoms with Gasteiger partial charge in [-0.2, -0.15) is 10.1 Å². The first-order valence-corrected chi connectivity index (χ1v) is 9.61. The zero-order chi connectivity index (χ0) is 18.6. The van der Waals surface area contributed by atoms with Gasteiger partial charge in [0, 0.05) is 63.7 Å². The van der Waals surface area contributed by atoms with Crippen molar-refractivity contribution in [1.29, 1.82) is 0 Å². The minimum Gasteiger partial charge on any atom is -0.369 e. The Kier molecular flexibility index (Phi) is 5.35. The molecule has 2 aromatic rings. The van der Waals surface area contributed by atoms with Gasteiger partial charge in [0.1, 0.15) is 0 Å². The molecule has 0 aliphatic carbocycles. The highest BCUT2D eigenvalue weighted by molar-refractivity contribution is 5.61. The van der Waals surface area contributed by atoms with Crippen molar-refractivity contribution in [2.75, 3.05) is 81.6 Å². The molecule has 2 fully saturated rings. The molecule has 0 saturated carbocycles. The lowest BCUT2D eigenvalue weighted by Crippen LogP contribution is -2.45. The molecule has 2 aliphatic heterocycles. The molecule has 0 unspecified atom stereocenters. The summed E-state index contributed by atoms with van der Waals surface area (Å²) in [4.78, 5) is 13.9. The Bertz CT molecular complexity index is 734. The number of aromatic nitrogens is 3. The first-order valence-electron chi connectivity index (χ1n) is 9.61. The second kappa shape index (κ2) is 8.06. The van der Waals surface area contributed by atoms with Crippen LogP contribution in [0.1, 0.15) is 0 Å². The number of piperazine rings is 2. The molecule has 0 amide bonds. The molecule has 144 valence electrons. The van der Waals surface area contributed by atoms with E-state index in [-0.39, 0.29) is 0 Å². The third-order valence-electron chi connectivity index (χ3n) is 5.34.